The quantitative estimate of drug-likeness (QED) is 0.695. The van der Waals surface area contributed by atoms with E-state index in [1.807, 2.05) is 30.3 Å². The number of aromatic nitrogens is 2. The highest BCUT2D eigenvalue weighted by atomic mass is 16.5. The lowest BCUT2D eigenvalue weighted by atomic mass is 9.98. The molecular weight excluding hydrogens is 330 g/mol. The highest BCUT2D eigenvalue weighted by Crippen LogP contribution is 2.20. The molecule has 1 fully saturated rings. The summed E-state index contributed by atoms with van der Waals surface area (Å²) in [7, 11) is 0. The number of carbonyl (C=O) groups excluding carboxylic acids is 1. The number of nitrogens with one attached hydrogen (secondary N) is 1. The van der Waals surface area contributed by atoms with Crippen molar-refractivity contribution in [2.45, 2.75) is 57.5 Å². The predicted molar refractivity (Wildman–Crippen MR) is 98.5 cm³/mol. The molecule has 1 N–H and O–H groups in total. The minimum absolute atomic E-state index is 0.00197. The fraction of sp³-hybridized carbons (Fsp3) is 0.550. The Balaban J connectivity index is 1.29. The Morgan fingerprint density at radius 1 is 1.15 bits per heavy atom. The molecule has 0 atom stereocenters. The van der Waals surface area contributed by atoms with Gasteiger partial charge < -0.3 is 14.5 Å². The average molecular weight is 357 g/mol. The zero-order chi connectivity index (χ0) is 18.0. The van der Waals surface area contributed by atoms with Gasteiger partial charge in [-0.25, -0.2) is 0 Å². The van der Waals surface area contributed by atoms with Crippen LogP contribution in [-0.2, 0) is 16.0 Å². The summed E-state index contributed by atoms with van der Waals surface area (Å²) in [5.74, 6) is 0.975. The topological polar surface area (TPSA) is 77.2 Å². The highest BCUT2D eigenvalue weighted by molar-refractivity contribution is 5.75. The molecule has 0 radical (unpaired) electrons. The second-order valence-corrected chi connectivity index (χ2v) is 6.70. The van der Waals surface area contributed by atoms with E-state index in [1.165, 1.54) is 32.1 Å². The highest BCUT2D eigenvalue weighted by Gasteiger charge is 2.13. The van der Waals surface area contributed by atoms with Crippen molar-refractivity contribution in [1.82, 2.24) is 15.5 Å². The molecule has 0 aliphatic heterocycles. The van der Waals surface area contributed by atoms with E-state index in [9.17, 15) is 4.79 Å². The van der Waals surface area contributed by atoms with Crippen molar-refractivity contribution >= 4 is 5.91 Å². The molecule has 140 valence electrons. The Kier molecular flexibility index (Phi) is 7.19. The Labute approximate surface area is 154 Å². The van der Waals surface area contributed by atoms with Gasteiger partial charge >= 0.3 is 0 Å². The third kappa shape index (κ3) is 5.95. The van der Waals surface area contributed by atoms with Gasteiger partial charge in [0, 0.05) is 31.6 Å². The molecule has 1 aliphatic rings. The van der Waals surface area contributed by atoms with Crippen molar-refractivity contribution < 1.29 is 13.9 Å². The molecule has 0 bridgehead atoms. The number of aryl methyl sites for hydroxylation is 1. The summed E-state index contributed by atoms with van der Waals surface area (Å²) in [6.07, 6.45) is 8.33. The zero-order valence-corrected chi connectivity index (χ0v) is 15.2. The van der Waals surface area contributed by atoms with Gasteiger partial charge in [-0.05, 0) is 31.4 Å². The first-order chi connectivity index (χ1) is 12.8. The van der Waals surface area contributed by atoms with Crippen molar-refractivity contribution in [3.05, 3.63) is 36.2 Å². The maximum absolute atomic E-state index is 11.9. The molecule has 0 saturated heterocycles. The van der Waals surface area contributed by atoms with Crippen molar-refractivity contribution in [3.63, 3.8) is 0 Å². The number of nitrogens with zero attached hydrogens (tertiary/aromatic N) is 2. The van der Waals surface area contributed by atoms with E-state index in [1.54, 1.807) is 0 Å². The van der Waals surface area contributed by atoms with Crippen LogP contribution >= 0.6 is 0 Å². The lowest BCUT2D eigenvalue weighted by molar-refractivity contribution is -0.121. The van der Waals surface area contributed by atoms with Crippen LogP contribution in [0.3, 0.4) is 0 Å². The van der Waals surface area contributed by atoms with Crippen molar-refractivity contribution in [1.29, 1.82) is 0 Å². The molecule has 0 spiro atoms. The monoisotopic (exact) mass is 357 g/mol. The molecule has 1 heterocycles. The van der Waals surface area contributed by atoms with E-state index in [-0.39, 0.29) is 5.91 Å². The van der Waals surface area contributed by atoms with Crippen LogP contribution in [0, 0.1) is 0 Å². The molecule has 1 amide bonds. The van der Waals surface area contributed by atoms with E-state index in [2.05, 4.69) is 15.5 Å². The summed E-state index contributed by atoms with van der Waals surface area (Å²) in [6.45, 7) is 1.36. The molecular formula is C20H27N3O3. The molecule has 3 rings (SSSR count). The molecule has 1 aromatic heterocycles. The Morgan fingerprint density at radius 2 is 1.96 bits per heavy atom. The van der Waals surface area contributed by atoms with Gasteiger partial charge in [-0.1, -0.05) is 37.5 Å². The largest absolute Gasteiger partial charge is 0.421 e. The minimum Gasteiger partial charge on any atom is -0.421 e. The molecule has 1 aliphatic carbocycles. The second-order valence-electron chi connectivity index (χ2n) is 6.70. The van der Waals surface area contributed by atoms with Crippen LogP contribution in [0.4, 0.5) is 0 Å². The fourth-order valence-corrected chi connectivity index (χ4v) is 3.14. The maximum Gasteiger partial charge on any atom is 0.247 e. The maximum atomic E-state index is 11.9. The SMILES string of the molecule is O=C(CCc1nnc(-c2ccccc2)o1)NCCCOC1CCCCC1. The van der Waals surface area contributed by atoms with E-state index in [0.717, 1.165) is 18.6 Å². The summed E-state index contributed by atoms with van der Waals surface area (Å²) in [5.41, 5.74) is 0.883. The van der Waals surface area contributed by atoms with E-state index >= 15 is 0 Å². The van der Waals surface area contributed by atoms with Gasteiger partial charge in [0.2, 0.25) is 17.7 Å². The van der Waals surface area contributed by atoms with Crippen LogP contribution in [-0.4, -0.2) is 35.4 Å². The van der Waals surface area contributed by atoms with Crippen molar-refractivity contribution in [2.75, 3.05) is 13.2 Å². The Bertz CT molecular complexity index is 666. The smallest absolute Gasteiger partial charge is 0.247 e. The number of ether oxygens (including phenoxy) is 1. The van der Waals surface area contributed by atoms with Crippen LogP contribution in [0.15, 0.2) is 34.7 Å². The fourth-order valence-electron chi connectivity index (χ4n) is 3.14. The molecule has 6 heteroatoms. The normalized spacial score (nSPS) is 15.1. The number of rotatable bonds is 9. The van der Waals surface area contributed by atoms with Gasteiger partial charge in [0.1, 0.15) is 0 Å². The lowest BCUT2D eigenvalue weighted by Gasteiger charge is -2.21. The summed E-state index contributed by atoms with van der Waals surface area (Å²) in [6, 6.07) is 9.61. The van der Waals surface area contributed by atoms with Gasteiger partial charge in [0.05, 0.1) is 6.10 Å². The second kappa shape index (κ2) is 10.1. The van der Waals surface area contributed by atoms with Crippen molar-refractivity contribution in [3.8, 4) is 11.5 Å². The molecule has 1 saturated carbocycles. The van der Waals surface area contributed by atoms with Gasteiger partial charge in [-0.15, -0.1) is 10.2 Å². The van der Waals surface area contributed by atoms with Gasteiger partial charge in [0.25, 0.3) is 0 Å². The van der Waals surface area contributed by atoms with Gasteiger partial charge in [-0.3, -0.25) is 4.79 Å². The van der Waals surface area contributed by atoms with E-state index in [0.29, 0.717) is 37.3 Å². The Morgan fingerprint density at radius 3 is 2.77 bits per heavy atom. The number of hydrogen-bond donors (Lipinski definition) is 1. The van der Waals surface area contributed by atoms with E-state index < -0.39 is 0 Å². The number of benzene rings is 1. The first-order valence-electron chi connectivity index (χ1n) is 9.57. The van der Waals surface area contributed by atoms with Crippen LogP contribution < -0.4 is 5.32 Å². The van der Waals surface area contributed by atoms with Crippen LogP contribution in [0.5, 0.6) is 0 Å². The first kappa shape index (κ1) is 18.6. The van der Waals surface area contributed by atoms with Crippen LogP contribution in [0.2, 0.25) is 0 Å². The molecule has 26 heavy (non-hydrogen) atoms. The molecule has 2 aromatic rings. The number of hydrogen-bond acceptors (Lipinski definition) is 5. The molecule has 0 unspecified atom stereocenters. The summed E-state index contributed by atoms with van der Waals surface area (Å²) in [5, 5.41) is 11.0. The predicted octanol–water partition coefficient (Wildman–Crippen LogP) is 3.52. The first-order valence-corrected chi connectivity index (χ1v) is 9.57. The zero-order valence-electron chi connectivity index (χ0n) is 15.2. The summed E-state index contributed by atoms with van der Waals surface area (Å²) >= 11 is 0. The summed E-state index contributed by atoms with van der Waals surface area (Å²) < 4.78 is 11.5. The number of carbonyl (C=O) groups is 1. The third-order valence-electron chi connectivity index (χ3n) is 4.60. The average Bonchev–Trinajstić information content (AvgIpc) is 3.17. The lowest BCUT2D eigenvalue weighted by Crippen LogP contribution is -2.26. The minimum atomic E-state index is 0.00197. The van der Waals surface area contributed by atoms with Gasteiger partial charge in [-0.2, -0.15) is 0 Å². The standard InChI is InChI=1S/C20H27N3O3/c24-18(21-14-7-15-25-17-10-5-2-6-11-17)12-13-19-22-23-20(26-19)16-8-3-1-4-9-16/h1,3-4,8-9,17H,2,5-7,10-15H2,(H,21,24). The summed E-state index contributed by atoms with van der Waals surface area (Å²) in [4.78, 5) is 11.9. The molecule has 1 aromatic carbocycles. The van der Waals surface area contributed by atoms with Crippen LogP contribution in [0.25, 0.3) is 11.5 Å². The molecule has 6 nitrogen and oxygen atoms in total. The van der Waals surface area contributed by atoms with Crippen LogP contribution in [0.1, 0.15) is 50.8 Å². The van der Waals surface area contributed by atoms with Gasteiger partial charge in [0.15, 0.2) is 0 Å². The Hall–Kier alpha value is -2.21. The van der Waals surface area contributed by atoms with E-state index in [4.69, 9.17) is 9.15 Å². The third-order valence-corrected chi connectivity index (χ3v) is 4.60. The number of amides is 1. The van der Waals surface area contributed by atoms with Crippen molar-refractivity contribution in [2.24, 2.45) is 0 Å².